The number of sulfonamides is 1. The van der Waals surface area contributed by atoms with E-state index in [1.54, 1.807) is 37.4 Å². The van der Waals surface area contributed by atoms with E-state index in [4.69, 9.17) is 16.3 Å². The van der Waals surface area contributed by atoms with Crippen LogP contribution in [0.15, 0.2) is 70.9 Å². The second-order valence-electron chi connectivity index (χ2n) is 6.94. The molecule has 0 spiro atoms. The van der Waals surface area contributed by atoms with Crippen LogP contribution >= 0.6 is 22.9 Å². The van der Waals surface area contributed by atoms with Crippen molar-refractivity contribution in [1.82, 2.24) is 9.97 Å². The zero-order valence-corrected chi connectivity index (χ0v) is 20.1. The molecular formula is C22H20ClN5O3S2. The van der Waals surface area contributed by atoms with Gasteiger partial charge in [-0.3, -0.25) is 4.72 Å². The van der Waals surface area contributed by atoms with Gasteiger partial charge in [-0.1, -0.05) is 11.6 Å². The van der Waals surface area contributed by atoms with E-state index >= 15 is 0 Å². The number of anilines is 5. The third kappa shape index (κ3) is 5.92. The fourth-order valence-corrected chi connectivity index (χ4v) is 5.45. The van der Waals surface area contributed by atoms with Crippen LogP contribution in [-0.4, -0.2) is 25.5 Å². The zero-order valence-electron chi connectivity index (χ0n) is 17.7. The van der Waals surface area contributed by atoms with Crippen LogP contribution in [0, 0.1) is 6.92 Å². The molecule has 33 heavy (non-hydrogen) atoms. The van der Waals surface area contributed by atoms with Crippen LogP contribution in [0.2, 0.25) is 4.34 Å². The van der Waals surface area contributed by atoms with Crippen molar-refractivity contribution in [2.24, 2.45) is 0 Å². The lowest BCUT2D eigenvalue weighted by Gasteiger charge is -2.11. The molecule has 8 nitrogen and oxygen atoms in total. The van der Waals surface area contributed by atoms with E-state index in [1.807, 2.05) is 37.3 Å². The Hall–Kier alpha value is -3.34. The number of nitrogens with zero attached hydrogens (tertiary/aromatic N) is 2. The van der Waals surface area contributed by atoms with E-state index in [1.165, 1.54) is 6.07 Å². The van der Waals surface area contributed by atoms with Crippen molar-refractivity contribution in [2.45, 2.75) is 11.1 Å². The van der Waals surface area contributed by atoms with Crippen LogP contribution in [-0.2, 0) is 10.0 Å². The van der Waals surface area contributed by atoms with E-state index in [9.17, 15) is 8.42 Å². The Kier molecular flexibility index (Phi) is 6.68. The lowest BCUT2D eigenvalue weighted by molar-refractivity contribution is 0.415. The second kappa shape index (κ2) is 9.65. The molecule has 0 bridgehead atoms. The normalized spacial score (nSPS) is 11.1. The number of nitrogens with one attached hydrogen (secondary N) is 3. The van der Waals surface area contributed by atoms with Crippen molar-refractivity contribution in [3.63, 3.8) is 0 Å². The Morgan fingerprint density at radius 1 is 0.879 bits per heavy atom. The van der Waals surface area contributed by atoms with Crippen LogP contribution in [0.3, 0.4) is 0 Å². The van der Waals surface area contributed by atoms with Crippen molar-refractivity contribution in [3.05, 3.63) is 76.8 Å². The Bertz CT molecular complexity index is 1360. The summed E-state index contributed by atoms with van der Waals surface area (Å²) in [6, 6.07) is 19.2. The van der Waals surface area contributed by atoms with Crippen molar-refractivity contribution >= 4 is 61.8 Å². The first-order valence-electron chi connectivity index (χ1n) is 9.73. The van der Waals surface area contributed by atoms with E-state index in [0.29, 0.717) is 27.5 Å². The number of thiophene rings is 1. The summed E-state index contributed by atoms with van der Waals surface area (Å²) in [4.78, 5) is 8.92. The van der Waals surface area contributed by atoms with Crippen LogP contribution in [0.4, 0.5) is 28.8 Å². The lowest BCUT2D eigenvalue weighted by Crippen LogP contribution is -2.11. The highest BCUT2D eigenvalue weighted by Crippen LogP contribution is 2.28. The average molecular weight is 502 g/mol. The summed E-state index contributed by atoms with van der Waals surface area (Å²) in [5, 5.41) is 6.38. The number of ether oxygens (including phenoxy) is 1. The molecule has 2 aromatic carbocycles. The lowest BCUT2D eigenvalue weighted by atomic mass is 10.3. The Labute approximate surface area is 200 Å². The summed E-state index contributed by atoms with van der Waals surface area (Å²) < 4.78 is 33.2. The third-order valence-electron chi connectivity index (χ3n) is 4.42. The monoisotopic (exact) mass is 501 g/mol. The van der Waals surface area contributed by atoms with Crippen LogP contribution < -0.4 is 20.1 Å². The summed E-state index contributed by atoms with van der Waals surface area (Å²) in [6.45, 7) is 1.88. The van der Waals surface area contributed by atoms with Gasteiger partial charge in [0.15, 0.2) is 0 Å². The maximum atomic E-state index is 12.4. The molecule has 0 aliphatic rings. The molecule has 170 valence electrons. The number of aryl methyl sites for hydroxylation is 1. The largest absolute Gasteiger partial charge is 0.497 e. The predicted molar refractivity (Wildman–Crippen MR) is 133 cm³/mol. The van der Waals surface area contributed by atoms with Gasteiger partial charge in [0.2, 0.25) is 5.95 Å². The van der Waals surface area contributed by atoms with Gasteiger partial charge in [-0.25, -0.2) is 13.4 Å². The smallest absolute Gasteiger partial charge is 0.271 e. The van der Waals surface area contributed by atoms with Gasteiger partial charge in [-0.15, -0.1) is 11.3 Å². The molecule has 0 aliphatic carbocycles. The number of rotatable bonds is 8. The summed E-state index contributed by atoms with van der Waals surface area (Å²) in [5.74, 6) is 1.81. The quantitative estimate of drug-likeness (QED) is 0.280. The molecule has 0 atom stereocenters. The maximum Gasteiger partial charge on any atom is 0.271 e. The standard InChI is InChI=1S/C22H20ClN5O3S2/c1-14-13-20(25-15-7-9-18(31-2)10-8-15)27-22(24-14)26-16-3-5-17(6-4-16)28-33(29,30)21-12-11-19(23)32-21/h3-13,28H,1-2H3,(H2,24,25,26,27). The van der Waals surface area contributed by atoms with Gasteiger partial charge in [0.05, 0.1) is 11.4 Å². The minimum Gasteiger partial charge on any atom is -0.497 e. The van der Waals surface area contributed by atoms with Crippen LogP contribution in [0.5, 0.6) is 5.75 Å². The highest BCUT2D eigenvalue weighted by atomic mass is 35.5. The molecular weight excluding hydrogens is 482 g/mol. The number of aromatic nitrogens is 2. The molecule has 0 fully saturated rings. The Balaban J connectivity index is 1.45. The Morgan fingerprint density at radius 2 is 1.52 bits per heavy atom. The molecule has 2 heterocycles. The SMILES string of the molecule is COc1ccc(Nc2cc(C)nc(Nc3ccc(NS(=O)(=O)c4ccc(Cl)s4)cc3)n2)cc1. The van der Waals surface area contributed by atoms with Gasteiger partial charge in [0, 0.05) is 28.8 Å². The fourth-order valence-electron chi connectivity index (χ4n) is 2.91. The first-order valence-corrected chi connectivity index (χ1v) is 12.4. The predicted octanol–water partition coefficient (Wildman–Crippen LogP) is 5.80. The summed E-state index contributed by atoms with van der Waals surface area (Å²) >= 11 is 6.84. The molecule has 2 aromatic heterocycles. The number of halogens is 1. The van der Waals surface area contributed by atoms with Gasteiger partial charge in [0.25, 0.3) is 10.0 Å². The Morgan fingerprint density at radius 3 is 2.15 bits per heavy atom. The topological polar surface area (TPSA) is 105 Å². The van der Waals surface area contributed by atoms with Crippen molar-refractivity contribution in [3.8, 4) is 5.75 Å². The minimum atomic E-state index is -3.69. The molecule has 3 N–H and O–H groups in total. The molecule has 0 aliphatic heterocycles. The van der Waals surface area contributed by atoms with Crippen LogP contribution in [0.1, 0.15) is 5.69 Å². The molecule has 0 amide bonds. The fraction of sp³-hybridized carbons (Fsp3) is 0.0909. The highest BCUT2D eigenvalue weighted by molar-refractivity contribution is 7.94. The van der Waals surface area contributed by atoms with E-state index < -0.39 is 10.0 Å². The van der Waals surface area contributed by atoms with Gasteiger partial charge in [-0.2, -0.15) is 4.98 Å². The summed E-state index contributed by atoms with van der Waals surface area (Å²) in [7, 11) is -2.07. The molecule has 0 saturated heterocycles. The number of methoxy groups -OCH3 is 1. The molecule has 4 rings (SSSR count). The molecule has 0 saturated carbocycles. The molecule has 0 radical (unpaired) electrons. The van der Waals surface area contributed by atoms with Crippen molar-refractivity contribution in [2.75, 3.05) is 22.5 Å². The van der Waals surface area contributed by atoms with Gasteiger partial charge >= 0.3 is 0 Å². The minimum absolute atomic E-state index is 0.153. The highest BCUT2D eigenvalue weighted by Gasteiger charge is 2.16. The summed E-state index contributed by atoms with van der Waals surface area (Å²) in [5.41, 5.74) is 2.78. The van der Waals surface area contributed by atoms with E-state index in [0.717, 1.165) is 28.5 Å². The molecule has 4 aromatic rings. The maximum absolute atomic E-state index is 12.4. The van der Waals surface area contributed by atoms with E-state index in [-0.39, 0.29) is 4.21 Å². The first kappa shape index (κ1) is 22.8. The number of hydrogen-bond donors (Lipinski definition) is 3. The molecule has 11 heteroatoms. The summed E-state index contributed by atoms with van der Waals surface area (Å²) in [6.07, 6.45) is 0. The third-order valence-corrected chi connectivity index (χ3v) is 7.53. The number of hydrogen-bond acceptors (Lipinski definition) is 8. The van der Waals surface area contributed by atoms with Crippen LogP contribution in [0.25, 0.3) is 0 Å². The van der Waals surface area contributed by atoms with Gasteiger partial charge in [0.1, 0.15) is 15.8 Å². The molecule has 0 unspecified atom stereocenters. The van der Waals surface area contributed by atoms with Crippen molar-refractivity contribution < 1.29 is 13.2 Å². The average Bonchev–Trinajstić information content (AvgIpc) is 3.22. The van der Waals surface area contributed by atoms with Gasteiger partial charge in [-0.05, 0) is 67.6 Å². The van der Waals surface area contributed by atoms with Gasteiger partial charge < -0.3 is 15.4 Å². The zero-order chi connectivity index (χ0) is 23.4. The first-order chi connectivity index (χ1) is 15.8. The second-order valence-corrected chi connectivity index (χ2v) is 10.6. The van der Waals surface area contributed by atoms with E-state index in [2.05, 4.69) is 25.3 Å². The number of benzene rings is 2. The van der Waals surface area contributed by atoms with Crippen molar-refractivity contribution in [1.29, 1.82) is 0 Å².